The molecular weight excluding hydrogens is 334 g/mol. The second-order valence-electron chi connectivity index (χ2n) is 6.12. The lowest BCUT2D eigenvalue weighted by Crippen LogP contribution is -2.38. The predicted molar refractivity (Wildman–Crippen MR) is 96.9 cm³/mol. The van der Waals surface area contributed by atoms with Gasteiger partial charge in [0.2, 0.25) is 0 Å². The fraction of sp³-hybridized carbons (Fsp3) is 0.300. The van der Waals surface area contributed by atoms with E-state index in [2.05, 4.69) is 0 Å². The number of amides is 1. The highest BCUT2D eigenvalue weighted by atomic mass is 16.5. The van der Waals surface area contributed by atoms with E-state index in [1.54, 1.807) is 23.1 Å². The number of fused-ring (bicyclic) bond motifs is 1. The van der Waals surface area contributed by atoms with E-state index < -0.39 is 5.97 Å². The molecule has 136 valence electrons. The maximum absolute atomic E-state index is 12.6. The quantitative estimate of drug-likeness (QED) is 0.772. The second kappa shape index (κ2) is 7.47. The minimum atomic E-state index is -0.601. The van der Waals surface area contributed by atoms with Crippen LogP contribution in [0.1, 0.15) is 22.8 Å². The molecule has 0 aromatic heterocycles. The minimum absolute atomic E-state index is 0.0375. The highest BCUT2D eigenvalue weighted by Gasteiger charge is 2.31. The number of hydrogen-bond donors (Lipinski definition) is 0. The molecule has 2 aromatic rings. The maximum atomic E-state index is 12.6. The summed E-state index contributed by atoms with van der Waals surface area (Å²) in [7, 11) is 3.00. The normalized spacial score (nSPS) is 15.3. The predicted octanol–water partition coefficient (Wildman–Crippen LogP) is 2.84. The zero-order chi connectivity index (χ0) is 18.7. The topological polar surface area (TPSA) is 65.1 Å². The van der Waals surface area contributed by atoms with E-state index >= 15 is 0 Å². The summed E-state index contributed by atoms with van der Waals surface area (Å²) < 4.78 is 15.5. The molecule has 0 bridgehead atoms. The van der Waals surface area contributed by atoms with Gasteiger partial charge in [0, 0.05) is 17.8 Å². The zero-order valence-corrected chi connectivity index (χ0v) is 15.0. The van der Waals surface area contributed by atoms with Gasteiger partial charge >= 0.3 is 5.97 Å². The van der Waals surface area contributed by atoms with Gasteiger partial charge in [-0.3, -0.25) is 4.79 Å². The first-order chi connectivity index (χ1) is 12.5. The number of rotatable bonds is 5. The molecule has 0 unspecified atom stereocenters. The average molecular weight is 355 g/mol. The van der Waals surface area contributed by atoms with Gasteiger partial charge in [0.25, 0.3) is 5.91 Å². The molecule has 6 nitrogen and oxygen atoms in total. The molecule has 1 aliphatic heterocycles. The molecule has 0 radical (unpaired) electrons. The van der Waals surface area contributed by atoms with Crippen LogP contribution in [-0.4, -0.2) is 38.7 Å². The summed E-state index contributed by atoms with van der Waals surface area (Å²) in [6.07, 6.45) is 0.795. The molecule has 1 atom stereocenters. The van der Waals surface area contributed by atoms with Crippen LogP contribution in [0.15, 0.2) is 42.5 Å². The maximum Gasteiger partial charge on any atom is 0.338 e. The smallest absolute Gasteiger partial charge is 0.338 e. The largest absolute Gasteiger partial charge is 0.497 e. The van der Waals surface area contributed by atoms with Crippen molar-refractivity contribution in [2.24, 2.45) is 0 Å². The monoisotopic (exact) mass is 355 g/mol. The number of anilines is 1. The summed E-state index contributed by atoms with van der Waals surface area (Å²) in [5, 5.41) is 0. The van der Waals surface area contributed by atoms with Crippen molar-refractivity contribution < 1.29 is 23.8 Å². The van der Waals surface area contributed by atoms with Crippen LogP contribution in [0.4, 0.5) is 5.69 Å². The zero-order valence-electron chi connectivity index (χ0n) is 15.0. The van der Waals surface area contributed by atoms with Gasteiger partial charge in [0.15, 0.2) is 6.61 Å². The Hall–Kier alpha value is -3.02. The third kappa shape index (κ3) is 3.49. The summed E-state index contributed by atoms with van der Waals surface area (Å²) in [5.74, 6) is 0.107. The number of methoxy groups -OCH3 is 2. The Morgan fingerprint density at radius 2 is 1.73 bits per heavy atom. The fourth-order valence-corrected chi connectivity index (χ4v) is 3.15. The third-order valence-electron chi connectivity index (χ3n) is 4.39. The number of benzene rings is 2. The highest BCUT2D eigenvalue weighted by molar-refractivity contribution is 5.99. The van der Waals surface area contributed by atoms with Gasteiger partial charge in [0.1, 0.15) is 11.5 Å². The number of hydrogen-bond acceptors (Lipinski definition) is 5. The highest BCUT2D eigenvalue weighted by Crippen LogP contribution is 2.31. The lowest BCUT2D eigenvalue weighted by Gasteiger charge is -2.22. The van der Waals surface area contributed by atoms with Crippen molar-refractivity contribution in [2.75, 3.05) is 25.7 Å². The van der Waals surface area contributed by atoms with Gasteiger partial charge in [0.05, 0.1) is 19.8 Å². The molecular formula is C20H21NO5. The third-order valence-corrected chi connectivity index (χ3v) is 4.39. The van der Waals surface area contributed by atoms with Crippen LogP contribution in [0.25, 0.3) is 0 Å². The molecule has 26 heavy (non-hydrogen) atoms. The van der Waals surface area contributed by atoms with Gasteiger partial charge in [-0.2, -0.15) is 0 Å². The Bertz CT molecular complexity index is 810. The van der Waals surface area contributed by atoms with Gasteiger partial charge in [-0.15, -0.1) is 0 Å². The van der Waals surface area contributed by atoms with Gasteiger partial charge < -0.3 is 19.1 Å². The summed E-state index contributed by atoms with van der Waals surface area (Å²) in [6, 6.07) is 12.5. The standard InChI is InChI=1S/C20H21NO5/c1-13-8-14-6-4-5-7-18(14)21(13)19(22)12-26-20(23)15-9-16(24-2)11-17(10-15)25-3/h4-7,9-11,13H,8,12H2,1-3H3/t13-/m1/s1. The van der Waals surface area contributed by atoms with Gasteiger partial charge in [-0.25, -0.2) is 4.79 Å². The molecule has 3 rings (SSSR count). The Balaban J connectivity index is 1.69. The van der Waals surface area contributed by atoms with Crippen LogP contribution < -0.4 is 14.4 Å². The van der Waals surface area contributed by atoms with Crippen LogP contribution >= 0.6 is 0 Å². The van der Waals surface area contributed by atoms with E-state index in [0.29, 0.717) is 11.5 Å². The van der Waals surface area contributed by atoms with Gasteiger partial charge in [-0.1, -0.05) is 18.2 Å². The number of para-hydroxylation sites is 1. The van der Waals surface area contributed by atoms with Crippen LogP contribution in [0.5, 0.6) is 11.5 Å². The Kier molecular flexibility index (Phi) is 5.11. The molecule has 0 aliphatic carbocycles. The number of carbonyl (C=O) groups excluding carboxylic acids is 2. The average Bonchev–Trinajstić information content (AvgIpc) is 3.01. The molecule has 0 N–H and O–H groups in total. The molecule has 1 heterocycles. The van der Waals surface area contributed by atoms with E-state index in [1.807, 2.05) is 31.2 Å². The molecule has 1 aliphatic rings. The van der Waals surface area contributed by atoms with Crippen LogP contribution in [-0.2, 0) is 16.0 Å². The Morgan fingerprint density at radius 1 is 1.08 bits per heavy atom. The number of esters is 1. The summed E-state index contributed by atoms with van der Waals surface area (Å²) in [6.45, 7) is 1.66. The second-order valence-corrected chi connectivity index (χ2v) is 6.12. The Labute approximate surface area is 152 Å². The Morgan fingerprint density at radius 3 is 2.38 bits per heavy atom. The van der Waals surface area contributed by atoms with Gasteiger partial charge in [-0.05, 0) is 37.1 Å². The van der Waals surface area contributed by atoms with E-state index in [9.17, 15) is 9.59 Å². The van der Waals surface area contributed by atoms with Crippen molar-refractivity contribution in [1.82, 2.24) is 0 Å². The summed E-state index contributed by atoms with van der Waals surface area (Å²) in [5.41, 5.74) is 2.27. The molecule has 6 heteroatoms. The van der Waals surface area contributed by atoms with E-state index in [-0.39, 0.29) is 24.1 Å². The molecule has 0 saturated heterocycles. The SMILES string of the molecule is COc1cc(OC)cc(C(=O)OCC(=O)N2c3ccccc3C[C@H]2C)c1. The lowest BCUT2D eigenvalue weighted by atomic mass is 10.1. The van der Waals surface area contributed by atoms with Crippen molar-refractivity contribution in [3.63, 3.8) is 0 Å². The molecule has 0 fully saturated rings. The number of ether oxygens (including phenoxy) is 3. The van der Waals surface area contributed by atoms with Crippen LogP contribution in [0.3, 0.4) is 0 Å². The first-order valence-electron chi connectivity index (χ1n) is 8.33. The summed E-state index contributed by atoms with van der Waals surface area (Å²) in [4.78, 5) is 26.6. The van der Waals surface area contributed by atoms with Crippen molar-refractivity contribution in [3.8, 4) is 11.5 Å². The van der Waals surface area contributed by atoms with E-state index in [1.165, 1.54) is 14.2 Å². The number of carbonyl (C=O) groups is 2. The van der Waals surface area contributed by atoms with Crippen LogP contribution in [0, 0.1) is 0 Å². The first-order valence-corrected chi connectivity index (χ1v) is 8.33. The minimum Gasteiger partial charge on any atom is -0.497 e. The van der Waals surface area contributed by atoms with Crippen molar-refractivity contribution in [1.29, 1.82) is 0 Å². The van der Waals surface area contributed by atoms with E-state index in [0.717, 1.165) is 17.7 Å². The molecule has 2 aromatic carbocycles. The fourth-order valence-electron chi connectivity index (χ4n) is 3.15. The number of nitrogens with zero attached hydrogens (tertiary/aromatic N) is 1. The molecule has 0 spiro atoms. The van der Waals surface area contributed by atoms with Crippen molar-refractivity contribution in [3.05, 3.63) is 53.6 Å². The molecule has 0 saturated carbocycles. The summed E-state index contributed by atoms with van der Waals surface area (Å²) >= 11 is 0. The lowest BCUT2D eigenvalue weighted by molar-refractivity contribution is -0.122. The first kappa shape index (κ1) is 17.8. The van der Waals surface area contributed by atoms with Crippen molar-refractivity contribution in [2.45, 2.75) is 19.4 Å². The van der Waals surface area contributed by atoms with E-state index in [4.69, 9.17) is 14.2 Å². The molecule has 1 amide bonds. The van der Waals surface area contributed by atoms with Crippen molar-refractivity contribution >= 4 is 17.6 Å². The van der Waals surface area contributed by atoms with Crippen LogP contribution in [0.2, 0.25) is 0 Å².